The molecule has 2 atom stereocenters. The van der Waals surface area contributed by atoms with Gasteiger partial charge in [0.25, 0.3) is 0 Å². The van der Waals surface area contributed by atoms with Crippen molar-refractivity contribution in [3.8, 4) is 0 Å². The molecule has 0 bridgehead atoms. The van der Waals surface area contributed by atoms with E-state index in [1.54, 1.807) is 0 Å². The number of carbonyl (C=O) groups is 1. The van der Waals surface area contributed by atoms with Crippen molar-refractivity contribution in [2.75, 3.05) is 0 Å². The normalized spacial score (nSPS) is 24.9. The van der Waals surface area contributed by atoms with Gasteiger partial charge in [-0.2, -0.15) is 0 Å². The van der Waals surface area contributed by atoms with E-state index in [1.807, 2.05) is 18.2 Å². The van der Waals surface area contributed by atoms with E-state index in [0.29, 0.717) is 0 Å². The Hall–Kier alpha value is -1.13. The first-order chi connectivity index (χ1) is 7.03. The van der Waals surface area contributed by atoms with Crippen molar-refractivity contribution in [2.45, 2.75) is 24.9 Å². The highest BCUT2D eigenvalue weighted by molar-refractivity contribution is 6.91. The van der Waals surface area contributed by atoms with Crippen molar-refractivity contribution >= 4 is 19.2 Å². The van der Waals surface area contributed by atoms with Gasteiger partial charge in [0.15, 0.2) is 6.10 Å². The predicted molar refractivity (Wildman–Crippen MR) is 59.9 cm³/mol. The van der Waals surface area contributed by atoms with E-state index in [4.69, 9.17) is 9.84 Å². The average molecular weight is 222 g/mol. The van der Waals surface area contributed by atoms with Crippen LogP contribution in [0.2, 0.25) is 13.1 Å². The lowest BCUT2D eigenvalue weighted by Gasteiger charge is -2.19. The maximum absolute atomic E-state index is 10.7. The molecule has 0 unspecified atom stereocenters. The minimum Gasteiger partial charge on any atom is -0.479 e. The molecule has 0 aromatic heterocycles. The number of aliphatic carboxylic acids is 1. The molecule has 1 aromatic carbocycles. The van der Waals surface area contributed by atoms with E-state index < -0.39 is 20.1 Å². The number of benzene rings is 1. The lowest BCUT2D eigenvalue weighted by molar-refractivity contribution is -0.138. The molecule has 0 aliphatic carbocycles. The number of hydrogen-bond acceptors (Lipinski definition) is 2. The molecule has 0 radical (unpaired) electrons. The molecule has 1 fully saturated rings. The summed E-state index contributed by atoms with van der Waals surface area (Å²) in [6.07, 6.45) is -0.577. The number of carboxylic acid groups (broad SMARTS) is 1. The number of carboxylic acids is 1. The third-order valence-corrected chi connectivity index (χ3v) is 6.65. The standard InChI is InChI=1S/C11H14O3Si/c1-15(2,8-6-4-3-5-7-8)11-9(14-11)10(12)13/h3-7,9,11H,1-2H3,(H,12,13)/t9-,11+/m0/s1. The molecule has 1 N–H and O–H groups in total. The van der Waals surface area contributed by atoms with Crippen LogP contribution in [0.15, 0.2) is 30.3 Å². The van der Waals surface area contributed by atoms with Gasteiger partial charge in [-0.3, -0.25) is 0 Å². The zero-order valence-electron chi connectivity index (χ0n) is 8.81. The van der Waals surface area contributed by atoms with E-state index in [2.05, 4.69) is 25.2 Å². The van der Waals surface area contributed by atoms with E-state index in [1.165, 1.54) is 5.19 Å². The zero-order valence-corrected chi connectivity index (χ0v) is 9.81. The Kier molecular flexibility index (Phi) is 2.40. The fraction of sp³-hybridized carbons (Fsp3) is 0.364. The molecule has 1 heterocycles. The lowest BCUT2D eigenvalue weighted by atomic mass is 10.4. The van der Waals surface area contributed by atoms with Crippen LogP contribution in [0.3, 0.4) is 0 Å². The van der Waals surface area contributed by atoms with Crippen molar-refractivity contribution < 1.29 is 14.6 Å². The van der Waals surface area contributed by atoms with Crippen LogP contribution < -0.4 is 5.19 Å². The van der Waals surface area contributed by atoms with Crippen LogP contribution in [0.1, 0.15) is 0 Å². The van der Waals surface area contributed by atoms with Gasteiger partial charge >= 0.3 is 5.97 Å². The first kappa shape index (κ1) is 10.4. The highest BCUT2D eigenvalue weighted by atomic mass is 28.3. The van der Waals surface area contributed by atoms with E-state index in [9.17, 15) is 4.79 Å². The van der Waals surface area contributed by atoms with Crippen LogP contribution in [-0.4, -0.2) is 31.0 Å². The monoisotopic (exact) mass is 222 g/mol. The third-order valence-electron chi connectivity index (χ3n) is 2.96. The van der Waals surface area contributed by atoms with E-state index in [-0.39, 0.29) is 5.73 Å². The summed E-state index contributed by atoms with van der Waals surface area (Å²) in [5, 5.41) is 10.1. The fourth-order valence-electron chi connectivity index (χ4n) is 1.88. The fourth-order valence-corrected chi connectivity index (χ4v) is 4.65. The van der Waals surface area contributed by atoms with Crippen LogP contribution in [0.5, 0.6) is 0 Å². The molecule has 80 valence electrons. The van der Waals surface area contributed by atoms with E-state index in [0.717, 1.165) is 0 Å². The molecule has 15 heavy (non-hydrogen) atoms. The number of epoxide rings is 1. The van der Waals surface area contributed by atoms with E-state index >= 15 is 0 Å². The molecule has 1 aromatic rings. The SMILES string of the molecule is C[Si](C)(c1ccccc1)[C@H]1O[C@H]1C(=O)O. The predicted octanol–water partition coefficient (Wildman–Crippen LogP) is 0.993. The molecule has 4 heteroatoms. The largest absolute Gasteiger partial charge is 0.479 e. The van der Waals surface area contributed by atoms with Crippen LogP contribution in [0.25, 0.3) is 0 Å². The van der Waals surface area contributed by atoms with Crippen LogP contribution in [0.4, 0.5) is 0 Å². The second-order valence-electron chi connectivity index (χ2n) is 4.40. The average Bonchev–Trinajstić information content (AvgIpc) is 2.99. The maximum atomic E-state index is 10.7. The topological polar surface area (TPSA) is 49.8 Å². The highest BCUT2D eigenvalue weighted by Crippen LogP contribution is 2.31. The molecule has 1 aliphatic rings. The second kappa shape index (κ2) is 3.47. The van der Waals surface area contributed by atoms with Gasteiger partial charge in [-0.15, -0.1) is 0 Å². The molecule has 3 nitrogen and oxygen atoms in total. The van der Waals surface area contributed by atoms with Crippen LogP contribution in [-0.2, 0) is 9.53 Å². The summed E-state index contributed by atoms with van der Waals surface area (Å²) < 4.78 is 5.26. The second-order valence-corrected chi connectivity index (χ2v) is 8.99. The quantitative estimate of drug-likeness (QED) is 0.613. The summed E-state index contributed by atoms with van der Waals surface area (Å²) in [4.78, 5) is 10.7. The molecule has 1 aliphatic heterocycles. The summed E-state index contributed by atoms with van der Waals surface area (Å²) >= 11 is 0. The lowest BCUT2D eigenvalue weighted by Crippen LogP contribution is -2.48. The van der Waals surface area contributed by atoms with Gasteiger partial charge in [-0.1, -0.05) is 48.6 Å². The van der Waals surface area contributed by atoms with Crippen molar-refractivity contribution in [1.29, 1.82) is 0 Å². The number of hydrogen-bond donors (Lipinski definition) is 1. The Bertz CT molecular complexity index is 375. The summed E-state index contributed by atoms with van der Waals surface area (Å²) in [6, 6.07) is 10.1. The minimum atomic E-state index is -1.77. The van der Waals surface area contributed by atoms with Gasteiger partial charge in [-0.05, 0) is 0 Å². The molecule has 0 amide bonds. The molecule has 2 rings (SSSR count). The highest BCUT2D eigenvalue weighted by Gasteiger charge is 2.55. The molecule has 0 spiro atoms. The van der Waals surface area contributed by atoms with Crippen molar-refractivity contribution in [3.63, 3.8) is 0 Å². The van der Waals surface area contributed by atoms with Gasteiger partial charge in [-0.25, -0.2) is 4.79 Å². The molecular formula is C11H14O3Si. The molecule has 1 saturated heterocycles. The summed E-state index contributed by atoms with van der Waals surface area (Å²) in [5.74, 6) is -0.837. The van der Waals surface area contributed by atoms with Gasteiger partial charge in [0.05, 0.1) is 5.73 Å². The Morgan fingerprint density at radius 1 is 1.33 bits per heavy atom. The minimum absolute atomic E-state index is 0.0719. The number of rotatable bonds is 3. The summed E-state index contributed by atoms with van der Waals surface area (Å²) in [7, 11) is -1.77. The first-order valence-electron chi connectivity index (χ1n) is 4.97. The smallest absolute Gasteiger partial charge is 0.335 e. The van der Waals surface area contributed by atoms with Gasteiger partial charge in [0, 0.05) is 0 Å². The first-order valence-corrected chi connectivity index (χ1v) is 8.05. The van der Waals surface area contributed by atoms with Gasteiger partial charge in [0.1, 0.15) is 8.07 Å². The Labute approximate surface area is 89.7 Å². The Morgan fingerprint density at radius 2 is 1.93 bits per heavy atom. The maximum Gasteiger partial charge on any atom is 0.335 e. The zero-order chi connectivity index (χ0) is 11.1. The van der Waals surface area contributed by atoms with Crippen molar-refractivity contribution in [1.82, 2.24) is 0 Å². The summed E-state index contributed by atoms with van der Waals surface area (Å²) in [5.41, 5.74) is -0.0719. The van der Waals surface area contributed by atoms with Crippen LogP contribution in [0, 0.1) is 0 Å². The third kappa shape index (κ3) is 1.82. The molecular weight excluding hydrogens is 208 g/mol. The molecule has 0 saturated carbocycles. The van der Waals surface area contributed by atoms with Crippen LogP contribution >= 0.6 is 0 Å². The van der Waals surface area contributed by atoms with Crippen molar-refractivity contribution in [3.05, 3.63) is 30.3 Å². The Morgan fingerprint density at radius 3 is 2.40 bits per heavy atom. The van der Waals surface area contributed by atoms with Gasteiger partial charge in [0.2, 0.25) is 0 Å². The Balaban J connectivity index is 2.19. The number of ether oxygens (including phenoxy) is 1. The van der Waals surface area contributed by atoms with Crippen molar-refractivity contribution in [2.24, 2.45) is 0 Å². The van der Waals surface area contributed by atoms with Gasteiger partial charge < -0.3 is 9.84 Å². The summed E-state index contributed by atoms with van der Waals surface area (Å²) in [6.45, 7) is 4.30.